The first-order chi connectivity index (χ1) is 13.3. The van der Waals surface area contributed by atoms with Crippen LogP contribution in [0.2, 0.25) is 0 Å². The summed E-state index contributed by atoms with van der Waals surface area (Å²) in [6.45, 7) is 11.7. The standard InChI is InChI=1S/C19H37N7O2/c1-7-9-10-15(13-22-18(27)28-19(3,4)5)24-17(20-6)21-11-12-26-14-23-25-16(26)8-2/h14-15H,7-13H2,1-6H3,(H,22,27)(H2,20,21,24). The molecule has 0 aromatic carbocycles. The lowest BCUT2D eigenvalue weighted by Crippen LogP contribution is -2.49. The average molecular weight is 396 g/mol. The summed E-state index contributed by atoms with van der Waals surface area (Å²) in [5.41, 5.74) is -0.506. The molecule has 9 nitrogen and oxygen atoms in total. The molecule has 1 amide bonds. The molecule has 1 aromatic rings. The molecule has 1 heterocycles. The van der Waals surface area contributed by atoms with E-state index in [2.05, 4.69) is 45.0 Å². The topological polar surface area (TPSA) is 105 Å². The van der Waals surface area contributed by atoms with E-state index in [1.54, 1.807) is 13.4 Å². The van der Waals surface area contributed by atoms with Gasteiger partial charge in [-0.15, -0.1) is 10.2 Å². The molecule has 0 saturated carbocycles. The predicted octanol–water partition coefficient (Wildman–Crippen LogP) is 2.09. The van der Waals surface area contributed by atoms with Gasteiger partial charge in [0.25, 0.3) is 0 Å². The highest BCUT2D eigenvalue weighted by molar-refractivity contribution is 5.80. The highest BCUT2D eigenvalue weighted by Gasteiger charge is 2.18. The van der Waals surface area contributed by atoms with E-state index in [4.69, 9.17) is 4.74 Å². The lowest BCUT2D eigenvalue weighted by Gasteiger charge is -2.24. The molecule has 0 fully saturated rings. The molecule has 1 aromatic heterocycles. The van der Waals surface area contributed by atoms with Gasteiger partial charge in [0, 0.05) is 39.1 Å². The fraction of sp³-hybridized carbons (Fsp3) is 0.789. The van der Waals surface area contributed by atoms with Gasteiger partial charge in [-0.3, -0.25) is 4.99 Å². The van der Waals surface area contributed by atoms with Gasteiger partial charge in [-0.2, -0.15) is 0 Å². The minimum Gasteiger partial charge on any atom is -0.444 e. The number of ether oxygens (including phenoxy) is 1. The normalized spacial score (nSPS) is 13.1. The summed E-state index contributed by atoms with van der Waals surface area (Å²) < 4.78 is 7.34. The van der Waals surface area contributed by atoms with Gasteiger partial charge in [0.1, 0.15) is 17.8 Å². The Balaban J connectivity index is 2.51. The molecular weight excluding hydrogens is 358 g/mol. The Morgan fingerprint density at radius 3 is 2.68 bits per heavy atom. The van der Waals surface area contributed by atoms with E-state index < -0.39 is 11.7 Å². The van der Waals surface area contributed by atoms with E-state index in [-0.39, 0.29) is 6.04 Å². The first kappa shape index (κ1) is 23.7. The number of nitrogens with zero attached hydrogens (tertiary/aromatic N) is 4. The van der Waals surface area contributed by atoms with Gasteiger partial charge in [0.05, 0.1) is 0 Å². The third-order valence-corrected chi connectivity index (χ3v) is 4.02. The number of hydrogen-bond acceptors (Lipinski definition) is 5. The predicted molar refractivity (Wildman–Crippen MR) is 111 cm³/mol. The smallest absolute Gasteiger partial charge is 0.407 e. The number of nitrogens with one attached hydrogen (secondary N) is 3. The summed E-state index contributed by atoms with van der Waals surface area (Å²) in [7, 11) is 1.74. The van der Waals surface area contributed by atoms with Crippen molar-refractivity contribution in [2.24, 2.45) is 4.99 Å². The molecule has 1 atom stereocenters. The number of amides is 1. The SMILES string of the molecule is CCCCC(CNC(=O)OC(C)(C)C)NC(=NC)NCCn1cnnc1CC. The number of alkyl carbamates (subject to hydrolysis) is 1. The fourth-order valence-electron chi connectivity index (χ4n) is 2.62. The summed E-state index contributed by atoms with van der Waals surface area (Å²) in [6.07, 6.45) is 5.26. The lowest BCUT2D eigenvalue weighted by molar-refractivity contribution is 0.0523. The number of rotatable bonds is 10. The van der Waals surface area contributed by atoms with E-state index in [1.165, 1.54) is 0 Å². The summed E-state index contributed by atoms with van der Waals surface area (Å²) in [5, 5.41) is 17.6. The van der Waals surface area contributed by atoms with Crippen molar-refractivity contribution in [1.29, 1.82) is 0 Å². The number of hydrogen-bond donors (Lipinski definition) is 3. The minimum atomic E-state index is -0.506. The number of aliphatic imine (C=N–C) groups is 1. The number of carbonyl (C=O) groups is 1. The van der Waals surface area contributed by atoms with Crippen LogP contribution in [-0.2, 0) is 17.7 Å². The Kier molecular flexibility index (Phi) is 10.3. The second kappa shape index (κ2) is 12.2. The quantitative estimate of drug-likeness (QED) is 0.414. The summed E-state index contributed by atoms with van der Waals surface area (Å²) in [6, 6.07) is 0.0692. The zero-order chi connectivity index (χ0) is 21.0. The Labute approximate surface area is 168 Å². The van der Waals surface area contributed by atoms with Gasteiger partial charge in [0.15, 0.2) is 5.96 Å². The van der Waals surface area contributed by atoms with Crippen LogP contribution in [0.15, 0.2) is 11.3 Å². The maximum atomic E-state index is 11.9. The molecule has 160 valence electrons. The van der Waals surface area contributed by atoms with Crippen LogP contribution >= 0.6 is 0 Å². The third-order valence-electron chi connectivity index (χ3n) is 4.02. The van der Waals surface area contributed by atoms with Gasteiger partial charge >= 0.3 is 6.09 Å². The second-order valence-electron chi connectivity index (χ2n) is 7.66. The average Bonchev–Trinajstić information content (AvgIpc) is 3.08. The molecule has 0 saturated heterocycles. The molecule has 0 radical (unpaired) electrons. The van der Waals surface area contributed by atoms with Crippen LogP contribution in [-0.4, -0.2) is 58.6 Å². The van der Waals surface area contributed by atoms with Crippen LogP contribution in [0.1, 0.15) is 59.7 Å². The van der Waals surface area contributed by atoms with Crippen molar-refractivity contribution in [3.63, 3.8) is 0 Å². The van der Waals surface area contributed by atoms with Crippen LogP contribution in [0, 0.1) is 0 Å². The highest BCUT2D eigenvalue weighted by atomic mass is 16.6. The molecule has 0 aliphatic carbocycles. The first-order valence-corrected chi connectivity index (χ1v) is 10.1. The van der Waals surface area contributed by atoms with Crippen molar-refractivity contribution in [3.8, 4) is 0 Å². The Morgan fingerprint density at radius 2 is 2.07 bits per heavy atom. The molecule has 0 spiro atoms. The third kappa shape index (κ3) is 9.57. The van der Waals surface area contributed by atoms with Crippen molar-refractivity contribution < 1.29 is 9.53 Å². The van der Waals surface area contributed by atoms with E-state index >= 15 is 0 Å². The Hall–Kier alpha value is -2.32. The number of carbonyl (C=O) groups excluding carboxylic acids is 1. The van der Waals surface area contributed by atoms with Crippen molar-refractivity contribution in [1.82, 2.24) is 30.7 Å². The zero-order valence-corrected chi connectivity index (χ0v) is 18.2. The van der Waals surface area contributed by atoms with Gasteiger partial charge < -0.3 is 25.3 Å². The fourth-order valence-corrected chi connectivity index (χ4v) is 2.62. The van der Waals surface area contributed by atoms with E-state index in [1.807, 2.05) is 25.3 Å². The number of guanidine groups is 1. The van der Waals surface area contributed by atoms with Crippen LogP contribution < -0.4 is 16.0 Å². The van der Waals surface area contributed by atoms with E-state index in [0.717, 1.165) is 38.1 Å². The summed E-state index contributed by atoms with van der Waals surface area (Å²) in [5.74, 6) is 1.67. The largest absolute Gasteiger partial charge is 0.444 e. The molecule has 9 heteroatoms. The van der Waals surface area contributed by atoms with Gasteiger partial charge in [-0.25, -0.2) is 4.79 Å². The number of aromatic nitrogens is 3. The van der Waals surface area contributed by atoms with Crippen LogP contribution in [0.4, 0.5) is 4.79 Å². The molecule has 0 bridgehead atoms. The Morgan fingerprint density at radius 1 is 1.32 bits per heavy atom. The van der Waals surface area contributed by atoms with E-state index in [0.29, 0.717) is 19.0 Å². The van der Waals surface area contributed by atoms with Crippen molar-refractivity contribution in [3.05, 3.63) is 12.2 Å². The minimum absolute atomic E-state index is 0.0692. The van der Waals surface area contributed by atoms with Crippen LogP contribution in [0.5, 0.6) is 0 Å². The van der Waals surface area contributed by atoms with Crippen molar-refractivity contribution in [2.75, 3.05) is 20.1 Å². The monoisotopic (exact) mass is 395 g/mol. The van der Waals surface area contributed by atoms with Gasteiger partial charge in [-0.1, -0.05) is 26.7 Å². The van der Waals surface area contributed by atoms with Crippen LogP contribution in [0.25, 0.3) is 0 Å². The second-order valence-corrected chi connectivity index (χ2v) is 7.66. The van der Waals surface area contributed by atoms with Crippen LogP contribution in [0.3, 0.4) is 0 Å². The number of aryl methyl sites for hydroxylation is 1. The molecule has 1 unspecified atom stereocenters. The maximum absolute atomic E-state index is 11.9. The van der Waals surface area contributed by atoms with E-state index in [9.17, 15) is 4.79 Å². The molecule has 28 heavy (non-hydrogen) atoms. The van der Waals surface area contributed by atoms with Gasteiger partial charge in [-0.05, 0) is 27.2 Å². The van der Waals surface area contributed by atoms with Crippen molar-refractivity contribution in [2.45, 2.75) is 78.5 Å². The molecule has 0 aliphatic rings. The zero-order valence-electron chi connectivity index (χ0n) is 18.2. The first-order valence-electron chi connectivity index (χ1n) is 10.1. The molecule has 3 N–H and O–H groups in total. The summed E-state index contributed by atoms with van der Waals surface area (Å²) >= 11 is 0. The Bertz CT molecular complexity index is 608. The molecule has 1 rings (SSSR count). The molecule has 0 aliphatic heterocycles. The lowest BCUT2D eigenvalue weighted by atomic mass is 10.1. The molecular formula is C19H37N7O2. The number of unbranched alkanes of at least 4 members (excludes halogenated alkanes) is 1. The summed E-state index contributed by atoms with van der Waals surface area (Å²) in [4.78, 5) is 16.2. The van der Waals surface area contributed by atoms with Crippen molar-refractivity contribution >= 4 is 12.1 Å². The van der Waals surface area contributed by atoms with Gasteiger partial charge in [0.2, 0.25) is 0 Å². The highest BCUT2D eigenvalue weighted by Crippen LogP contribution is 2.07. The maximum Gasteiger partial charge on any atom is 0.407 e.